The summed E-state index contributed by atoms with van der Waals surface area (Å²) < 4.78 is 0. The van der Waals surface area contributed by atoms with Crippen LogP contribution in [0.4, 0.5) is 16.6 Å². The number of carbonyl (C=O) groups is 1. The summed E-state index contributed by atoms with van der Waals surface area (Å²) in [5.41, 5.74) is 4.13. The van der Waals surface area contributed by atoms with Gasteiger partial charge in [-0.2, -0.15) is 0 Å². The summed E-state index contributed by atoms with van der Waals surface area (Å²) in [5, 5.41) is 3.52. The van der Waals surface area contributed by atoms with Crippen LogP contribution in [-0.2, 0) is 0 Å². The van der Waals surface area contributed by atoms with Crippen LogP contribution in [0.2, 0.25) is 5.02 Å². The topological polar surface area (TPSA) is 77.2 Å². The highest BCUT2D eigenvalue weighted by Gasteiger charge is 2.29. The molecule has 4 rings (SSSR count). The third kappa shape index (κ3) is 3.49. The zero-order chi connectivity index (χ0) is 19.8. The number of benzene rings is 1. The Hall–Kier alpha value is -2.80. The summed E-state index contributed by atoms with van der Waals surface area (Å²) in [7, 11) is 0. The number of fused-ring (bicyclic) bond motifs is 1. The molecule has 3 heterocycles. The molecule has 1 aromatic carbocycles. The number of hydrogen-bond donors (Lipinski definition) is 2. The number of nitrogens with zero attached hydrogens (tertiary/aromatic N) is 4. The van der Waals surface area contributed by atoms with Gasteiger partial charge in [0, 0.05) is 31.9 Å². The van der Waals surface area contributed by atoms with E-state index in [1.165, 1.54) is 11.1 Å². The van der Waals surface area contributed by atoms with Crippen LogP contribution in [0.3, 0.4) is 0 Å². The van der Waals surface area contributed by atoms with Crippen LogP contribution in [0.15, 0.2) is 30.5 Å². The third-order valence-corrected chi connectivity index (χ3v) is 5.54. The van der Waals surface area contributed by atoms with Gasteiger partial charge in [0.1, 0.15) is 5.82 Å². The highest BCUT2D eigenvalue weighted by atomic mass is 35.5. The van der Waals surface area contributed by atoms with E-state index in [-0.39, 0.29) is 12.1 Å². The van der Waals surface area contributed by atoms with Gasteiger partial charge in [-0.05, 0) is 56.2 Å². The number of nitrogens with one attached hydrogen (secondary N) is 2. The van der Waals surface area contributed by atoms with Crippen molar-refractivity contribution in [3.8, 4) is 0 Å². The number of aromatic amines is 1. The number of imidazole rings is 1. The van der Waals surface area contributed by atoms with Crippen molar-refractivity contribution in [3.05, 3.63) is 46.6 Å². The minimum atomic E-state index is -0.160. The van der Waals surface area contributed by atoms with Gasteiger partial charge in [0.15, 0.2) is 0 Å². The molecule has 2 N–H and O–H groups in total. The molecule has 0 saturated carbocycles. The minimum absolute atomic E-state index is 0.0145. The van der Waals surface area contributed by atoms with Gasteiger partial charge in [-0.3, -0.25) is 5.32 Å². The Morgan fingerprint density at radius 1 is 1.29 bits per heavy atom. The van der Waals surface area contributed by atoms with Gasteiger partial charge in [0.05, 0.1) is 16.1 Å². The van der Waals surface area contributed by atoms with E-state index in [9.17, 15) is 4.79 Å². The average molecular weight is 399 g/mol. The van der Waals surface area contributed by atoms with Gasteiger partial charge in [-0.1, -0.05) is 11.6 Å². The molecular formula is C20H23ClN6O. The molecule has 146 valence electrons. The Morgan fingerprint density at radius 2 is 2.07 bits per heavy atom. The molecule has 0 spiro atoms. The lowest BCUT2D eigenvalue weighted by Gasteiger charge is -2.40. The second-order valence-corrected chi connectivity index (χ2v) is 7.67. The zero-order valence-electron chi connectivity index (χ0n) is 16.2. The quantitative estimate of drug-likeness (QED) is 0.684. The van der Waals surface area contributed by atoms with E-state index in [1.807, 2.05) is 36.1 Å². The molecule has 1 unspecified atom stereocenters. The van der Waals surface area contributed by atoms with Crippen LogP contribution in [0.5, 0.6) is 0 Å². The standard InChI is InChI=1S/C20H23ClN6O/c1-12-9-16-17(10-13(12)2)24-19(23-16)25-20(28)27-8-7-26(11-14(27)3)18-15(21)5-4-6-22-18/h4-6,9-10,14H,7-8,11H2,1-3H3,(H2,23,24,25,28). The van der Waals surface area contributed by atoms with E-state index >= 15 is 0 Å². The van der Waals surface area contributed by atoms with E-state index in [2.05, 4.69) is 39.0 Å². The van der Waals surface area contributed by atoms with Crippen molar-refractivity contribution in [2.75, 3.05) is 29.9 Å². The normalized spacial score (nSPS) is 17.2. The third-order valence-electron chi connectivity index (χ3n) is 5.25. The van der Waals surface area contributed by atoms with E-state index in [1.54, 1.807) is 6.20 Å². The number of anilines is 2. The van der Waals surface area contributed by atoms with Crippen LogP contribution in [0.1, 0.15) is 18.1 Å². The number of rotatable bonds is 2. The number of amides is 2. The van der Waals surface area contributed by atoms with Gasteiger partial charge in [0.25, 0.3) is 0 Å². The summed E-state index contributed by atoms with van der Waals surface area (Å²) in [6, 6.07) is 7.57. The molecule has 2 aromatic heterocycles. The zero-order valence-corrected chi connectivity index (χ0v) is 16.9. The number of H-pyrrole nitrogens is 1. The Morgan fingerprint density at radius 3 is 2.82 bits per heavy atom. The van der Waals surface area contributed by atoms with Crippen molar-refractivity contribution in [3.63, 3.8) is 0 Å². The fraction of sp³-hybridized carbons (Fsp3) is 0.350. The van der Waals surface area contributed by atoms with Crippen LogP contribution < -0.4 is 10.2 Å². The first kappa shape index (κ1) is 18.6. The smallest absolute Gasteiger partial charge is 0.324 e. The lowest BCUT2D eigenvalue weighted by atomic mass is 10.1. The predicted molar refractivity (Wildman–Crippen MR) is 112 cm³/mol. The molecule has 0 aliphatic carbocycles. The van der Waals surface area contributed by atoms with Crippen molar-refractivity contribution in [1.82, 2.24) is 19.9 Å². The Balaban J connectivity index is 1.45. The van der Waals surface area contributed by atoms with Gasteiger partial charge >= 0.3 is 6.03 Å². The number of carbonyl (C=O) groups excluding carboxylic acids is 1. The molecule has 8 heteroatoms. The maximum atomic E-state index is 12.8. The van der Waals surface area contributed by atoms with Crippen molar-refractivity contribution < 1.29 is 4.79 Å². The van der Waals surface area contributed by atoms with Crippen LogP contribution in [0.25, 0.3) is 11.0 Å². The van der Waals surface area contributed by atoms with Crippen LogP contribution in [0, 0.1) is 13.8 Å². The maximum absolute atomic E-state index is 12.8. The summed E-state index contributed by atoms with van der Waals surface area (Å²) in [5.74, 6) is 1.23. The fourth-order valence-corrected chi connectivity index (χ4v) is 3.80. The molecular weight excluding hydrogens is 376 g/mol. The van der Waals surface area contributed by atoms with Crippen molar-refractivity contribution >= 4 is 40.4 Å². The SMILES string of the molecule is Cc1cc2nc(NC(=O)N3CCN(c4ncccc4Cl)CC3C)[nH]c2cc1C. The minimum Gasteiger partial charge on any atom is -0.352 e. The number of pyridine rings is 1. The number of urea groups is 1. The molecule has 1 aliphatic rings. The van der Waals surface area contributed by atoms with E-state index in [4.69, 9.17) is 11.6 Å². The molecule has 28 heavy (non-hydrogen) atoms. The maximum Gasteiger partial charge on any atom is 0.324 e. The van der Waals surface area contributed by atoms with Crippen molar-refractivity contribution in [2.45, 2.75) is 26.8 Å². The fourth-order valence-electron chi connectivity index (χ4n) is 3.56. The monoisotopic (exact) mass is 398 g/mol. The highest BCUT2D eigenvalue weighted by Crippen LogP contribution is 2.25. The number of piperazine rings is 1. The van der Waals surface area contributed by atoms with Crippen LogP contribution >= 0.6 is 11.6 Å². The summed E-state index contributed by atoms with van der Waals surface area (Å²) in [6.07, 6.45) is 1.73. The average Bonchev–Trinajstić information content (AvgIpc) is 3.03. The van der Waals surface area contributed by atoms with Crippen molar-refractivity contribution in [2.24, 2.45) is 0 Å². The molecule has 1 aliphatic heterocycles. The Labute approximate surface area is 168 Å². The number of aryl methyl sites for hydroxylation is 2. The summed E-state index contributed by atoms with van der Waals surface area (Å²) >= 11 is 6.26. The molecule has 3 aromatic rings. The number of hydrogen-bond acceptors (Lipinski definition) is 4. The summed E-state index contributed by atoms with van der Waals surface area (Å²) in [4.78, 5) is 28.8. The van der Waals surface area contributed by atoms with Crippen molar-refractivity contribution in [1.29, 1.82) is 0 Å². The first-order chi connectivity index (χ1) is 13.4. The van der Waals surface area contributed by atoms with Gasteiger partial charge < -0.3 is 14.8 Å². The molecule has 1 atom stereocenters. The highest BCUT2D eigenvalue weighted by molar-refractivity contribution is 6.32. The number of halogens is 1. The van der Waals surface area contributed by atoms with E-state index in [0.29, 0.717) is 30.6 Å². The lowest BCUT2D eigenvalue weighted by Crippen LogP contribution is -2.55. The van der Waals surface area contributed by atoms with E-state index in [0.717, 1.165) is 16.9 Å². The first-order valence-electron chi connectivity index (χ1n) is 9.32. The largest absolute Gasteiger partial charge is 0.352 e. The first-order valence-corrected chi connectivity index (χ1v) is 9.70. The molecule has 2 amide bonds. The Bertz CT molecular complexity index is 994. The second kappa shape index (κ2) is 7.31. The molecule has 0 bridgehead atoms. The van der Waals surface area contributed by atoms with Gasteiger partial charge in [-0.15, -0.1) is 0 Å². The summed E-state index contributed by atoms with van der Waals surface area (Å²) in [6.45, 7) is 8.06. The number of aromatic nitrogens is 3. The van der Waals surface area contributed by atoms with Gasteiger partial charge in [-0.25, -0.2) is 14.8 Å². The lowest BCUT2D eigenvalue weighted by molar-refractivity contribution is 0.184. The van der Waals surface area contributed by atoms with E-state index < -0.39 is 0 Å². The van der Waals surface area contributed by atoms with Crippen LogP contribution in [-0.4, -0.2) is 51.6 Å². The Kier molecular flexibility index (Phi) is 4.85. The molecule has 1 saturated heterocycles. The molecule has 0 radical (unpaired) electrons. The molecule has 1 fully saturated rings. The van der Waals surface area contributed by atoms with Gasteiger partial charge in [0.2, 0.25) is 5.95 Å². The predicted octanol–water partition coefficient (Wildman–Crippen LogP) is 3.97. The molecule has 7 nitrogen and oxygen atoms in total. The second-order valence-electron chi connectivity index (χ2n) is 7.27.